The molecule has 0 saturated carbocycles. The zero-order valence-electron chi connectivity index (χ0n) is 13.2. The Bertz CT molecular complexity index is 567. The molecular weight excluding hydrogens is 290 g/mol. The Labute approximate surface area is 127 Å². The summed E-state index contributed by atoms with van der Waals surface area (Å²) in [5.41, 5.74) is 1.40. The van der Waals surface area contributed by atoms with Crippen LogP contribution in [0, 0.1) is 19.8 Å². The van der Waals surface area contributed by atoms with Crippen molar-refractivity contribution in [1.29, 1.82) is 0 Å². The molecule has 0 fully saturated rings. The molecule has 0 aliphatic rings. The molecule has 1 aromatic carbocycles. The van der Waals surface area contributed by atoms with Gasteiger partial charge in [0.1, 0.15) is 12.4 Å². The number of hydrogen-bond acceptors (Lipinski definition) is 4. The van der Waals surface area contributed by atoms with E-state index >= 15 is 0 Å². The van der Waals surface area contributed by atoms with Crippen LogP contribution in [0.4, 0.5) is 0 Å². The summed E-state index contributed by atoms with van der Waals surface area (Å²) in [6.45, 7) is 9.52. The van der Waals surface area contributed by atoms with Gasteiger partial charge in [-0.25, -0.2) is 13.6 Å². The lowest BCUT2D eigenvalue weighted by Crippen LogP contribution is -2.15. The first-order chi connectivity index (χ1) is 9.73. The summed E-state index contributed by atoms with van der Waals surface area (Å²) in [5, 5.41) is 5.17. The third-order valence-corrected chi connectivity index (χ3v) is 4.37. The first-order valence-corrected chi connectivity index (χ1v) is 8.61. The maximum absolute atomic E-state index is 11.4. The molecule has 120 valence electrons. The average molecular weight is 315 g/mol. The number of rotatable bonds is 8. The summed E-state index contributed by atoms with van der Waals surface area (Å²) < 4.78 is 33.9. The van der Waals surface area contributed by atoms with Crippen molar-refractivity contribution < 1.29 is 17.9 Å². The van der Waals surface area contributed by atoms with Crippen molar-refractivity contribution in [3.05, 3.63) is 23.3 Å². The number of hydrogen-bond donors (Lipinski definition) is 1. The number of primary sulfonamides is 1. The number of nitrogens with two attached hydrogens (primary N) is 1. The Morgan fingerprint density at radius 3 is 2.33 bits per heavy atom. The van der Waals surface area contributed by atoms with Crippen LogP contribution in [-0.4, -0.2) is 28.2 Å². The maximum Gasteiger partial charge on any atom is 0.238 e. The van der Waals surface area contributed by atoms with Gasteiger partial charge in [0.05, 0.1) is 11.5 Å². The van der Waals surface area contributed by atoms with Gasteiger partial charge in [0.15, 0.2) is 0 Å². The largest absolute Gasteiger partial charge is 0.491 e. The Morgan fingerprint density at radius 1 is 1.10 bits per heavy atom. The third-order valence-electron chi connectivity index (χ3n) is 3.32. The van der Waals surface area contributed by atoms with E-state index in [-0.39, 0.29) is 4.90 Å². The minimum absolute atomic E-state index is 0.139. The van der Waals surface area contributed by atoms with E-state index in [1.165, 1.54) is 6.07 Å². The topological polar surface area (TPSA) is 78.6 Å². The molecule has 0 bridgehead atoms. The summed E-state index contributed by atoms with van der Waals surface area (Å²) in [5.74, 6) is 1.29. The molecule has 0 aliphatic carbocycles. The molecule has 1 rings (SSSR count). The van der Waals surface area contributed by atoms with Gasteiger partial charge in [-0.15, -0.1) is 0 Å². The van der Waals surface area contributed by atoms with Crippen molar-refractivity contribution in [2.24, 2.45) is 11.1 Å². The van der Waals surface area contributed by atoms with Crippen LogP contribution in [0.15, 0.2) is 17.0 Å². The molecule has 0 amide bonds. The zero-order valence-corrected chi connectivity index (χ0v) is 14.0. The van der Waals surface area contributed by atoms with Crippen LogP contribution in [-0.2, 0) is 14.8 Å². The van der Waals surface area contributed by atoms with Gasteiger partial charge in [0.25, 0.3) is 0 Å². The van der Waals surface area contributed by atoms with Crippen molar-refractivity contribution in [2.45, 2.75) is 39.0 Å². The molecule has 0 aliphatic heterocycles. The lowest BCUT2D eigenvalue weighted by atomic mass is 10.1. The van der Waals surface area contributed by atoms with Gasteiger partial charge >= 0.3 is 0 Å². The van der Waals surface area contributed by atoms with E-state index in [9.17, 15) is 8.42 Å². The Balaban J connectivity index is 2.56. The molecule has 0 spiro atoms. The predicted molar refractivity (Wildman–Crippen MR) is 83.1 cm³/mol. The first-order valence-electron chi connectivity index (χ1n) is 7.07. The van der Waals surface area contributed by atoms with E-state index in [0.717, 1.165) is 18.6 Å². The molecule has 1 aromatic rings. The van der Waals surface area contributed by atoms with Gasteiger partial charge in [-0.2, -0.15) is 0 Å². The van der Waals surface area contributed by atoms with Crippen LogP contribution in [0.1, 0.15) is 31.4 Å². The summed E-state index contributed by atoms with van der Waals surface area (Å²) in [7, 11) is -3.69. The van der Waals surface area contributed by atoms with Crippen molar-refractivity contribution in [3.63, 3.8) is 0 Å². The fraction of sp³-hybridized carbons (Fsp3) is 0.600. The molecular formula is C15H25NO4S. The van der Waals surface area contributed by atoms with Gasteiger partial charge in [0, 0.05) is 6.61 Å². The number of benzene rings is 1. The number of sulfonamides is 1. The van der Waals surface area contributed by atoms with Crippen LogP contribution in [0.5, 0.6) is 5.75 Å². The molecule has 0 aromatic heterocycles. The van der Waals surface area contributed by atoms with Crippen molar-refractivity contribution in [2.75, 3.05) is 19.8 Å². The maximum atomic E-state index is 11.4. The average Bonchev–Trinajstić information content (AvgIpc) is 2.36. The quantitative estimate of drug-likeness (QED) is 0.747. The lowest BCUT2D eigenvalue weighted by Gasteiger charge is -2.13. The second kappa shape index (κ2) is 7.77. The van der Waals surface area contributed by atoms with Crippen LogP contribution in [0.3, 0.4) is 0 Å². The second-order valence-corrected chi connectivity index (χ2v) is 7.03. The van der Waals surface area contributed by atoms with E-state index in [1.807, 2.05) is 6.92 Å². The van der Waals surface area contributed by atoms with E-state index in [4.69, 9.17) is 14.6 Å². The van der Waals surface area contributed by atoms with Gasteiger partial charge in [-0.1, -0.05) is 13.8 Å². The summed E-state index contributed by atoms with van der Waals surface area (Å²) in [6.07, 6.45) is 1.03. The van der Waals surface area contributed by atoms with Crippen LogP contribution in [0.2, 0.25) is 0 Å². The van der Waals surface area contributed by atoms with Crippen LogP contribution < -0.4 is 9.88 Å². The summed E-state index contributed by atoms with van der Waals surface area (Å²) in [6, 6.07) is 3.11. The van der Waals surface area contributed by atoms with Gasteiger partial charge in [-0.3, -0.25) is 0 Å². The number of ether oxygens (including phenoxy) is 2. The standard InChI is InChI=1S/C15H25NO4S/c1-11(2)7-8-19-9-10-20-14-5-6-15(21(16,17)18)13(4)12(14)3/h5-6,11H,7-10H2,1-4H3,(H2,16,17,18). The zero-order chi connectivity index (χ0) is 16.0. The van der Waals surface area contributed by atoms with E-state index < -0.39 is 10.0 Å². The minimum Gasteiger partial charge on any atom is -0.491 e. The molecule has 0 heterocycles. The second-order valence-electron chi connectivity index (χ2n) is 5.50. The highest BCUT2D eigenvalue weighted by molar-refractivity contribution is 7.89. The normalized spacial score (nSPS) is 11.9. The Morgan fingerprint density at radius 2 is 1.76 bits per heavy atom. The van der Waals surface area contributed by atoms with Crippen molar-refractivity contribution in [3.8, 4) is 5.75 Å². The lowest BCUT2D eigenvalue weighted by molar-refractivity contribution is 0.0923. The van der Waals surface area contributed by atoms with E-state index in [1.54, 1.807) is 13.0 Å². The minimum atomic E-state index is -3.69. The van der Waals surface area contributed by atoms with Crippen molar-refractivity contribution >= 4 is 10.0 Å². The Kier molecular flexibility index (Phi) is 6.64. The van der Waals surface area contributed by atoms with Crippen LogP contribution >= 0.6 is 0 Å². The summed E-state index contributed by atoms with van der Waals surface area (Å²) >= 11 is 0. The predicted octanol–water partition coefficient (Wildman–Crippen LogP) is 2.39. The SMILES string of the molecule is Cc1c(OCCOCCC(C)C)ccc(S(N)(=O)=O)c1C. The molecule has 21 heavy (non-hydrogen) atoms. The van der Waals surface area contributed by atoms with E-state index in [0.29, 0.717) is 30.4 Å². The van der Waals surface area contributed by atoms with Crippen LogP contribution in [0.25, 0.3) is 0 Å². The van der Waals surface area contributed by atoms with Crippen molar-refractivity contribution in [1.82, 2.24) is 0 Å². The molecule has 0 unspecified atom stereocenters. The highest BCUT2D eigenvalue weighted by Gasteiger charge is 2.15. The molecule has 5 nitrogen and oxygen atoms in total. The monoisotopic (exact) mass is 315 g/mol. The third kappa shape index (κ3) is 5.65. The molecule has 6 heteroatoms. The highest BCUT2D eigenvalue weighted by atomic mass is 32.2. The molecule has 0 radical (unpaired) electrons. The smallest absolute Gasteiger partial charge is 0.238 e. The fourth-order valence-electron chi connectivity index (χ4n) is 1.87. The molecule has 2 N–H and O–H groups in total. The highest BCUT2D eigenvalue weighted by Crippen LogP contribution is 2.26. The Hall–Kier alpha value is -1.11. The first kappa shape index (κ1) is 17.9. The molecule has 0 atom stereocenters. The van der Waals surface area contributed by atoms with Gasteiger partial charge < -0.3 is 9.47 Å². The molecule has 0 saturated heterocycles. The fourth-order valence-corrected chi connectivity index (χ4v) is 2.70. The van der Waals surface area contributed by atoms with Gasteiger partial charge in [0.2, 0.25) is 10.0 Å². The summed E-state index contributed by atoms with van der Waals surface area (Å²) in [4.78, 5) is 0.139. The van der Waals surface area contributed by atoms with Gasteiger partial charge in [-0.05, 0) is 49.4 Å². The van der Waals surface area contributed by atoms with E-state index in [2.05, 4.69) is 13.8 Å².